The van der Waals surface area contributed by atoms with Crippen LogP contribution in [0.2, 0.25) is 0 Å². The largest absolute Gasteiger partial charge is 0.507 e. The van der Waals surface area contributed by atoms with E-state index in [1.807, 2.05) is 49.4 Å². The second-order valence-electron chi connectivity index (χ2n) is 4.04. The van der Waals surface area contributed by atoms with Gasteiger partial charge in [0.2, 0.25) is 0 Å². The second kappa shape index (κ2) is 7.70. The van der Waals surface area contributed by atoms with E-state index in [2.05, 4.69) is 0 Å². The summed E-state index contributed by atoms with van der Waals surface area (Å²) in [6, 6.07) is 15.0. The minimum Gasteiger partial charge on any atom is -0.507 e. The summed E-state index contributed by atoms with van der Waals surface area (Å²) in [5.74, 6) is 2.60. The molecule has 0 bridgehead atoms. The fourth-order valence-corrected chi connectivity index (χ4v) is 2.50. The molecule has 0 aliphatic heterocycles. The van der Waals surface area contributed by atoms with Gasteiger partial charge in [0, 0.05) is 10.6 Å². The van der Waals surface area contributed by atoms with E-state index < -0.39 is 0 Å². The van der Waals surface area contributed by atoms with Crippen molar-refractivity contribution in [3.8, 4) is 17.2 Å². The highest BCUT2D eigenvalue weighted by Crippen LogP contribution is 2.29. The molecule has 2 rings (SSSR count). The van der Waals surface area contributed by atoms with Gasteiger partial charge in [-0.05, 0) is 31.2 Å². The normalized spacial score (nSPS) is 10.2. The molecule has 0 unspecified atom stereocenters. The van der Waals surface area contributed by atoms with Crippen LogP contribution < -0.4 is 9.47 Å². The molecule has 0 aromatic heterocycles. The maximum Gasteiger partial charge on any atom is 0.161 e. The van der Waals surface area contributed by atoms with Gasteiger partial charge in [-0.2, -0.15) is 0 Å². The summed E-state index contributed by atoms with van der Waals surface area (Å²) in [5, 5.41) is 9.66. The molecule has 0 atom stereocenters. The number of benzene rings is 2. The molecule has 2 aromatic carbocycles. The van der Waals surface area contributed by atoms with Crippen LogP contribution >= 0.6 is 11.8 Å². The lowest BCUT2D eigenvalue weighted by Gasteiger charge is -2.11. The Morgan fingerprint density at radius 3 is 2.30 bits per heavy atom. The lowest BCUT2D eigenvalue weighted by molar-refractivity contribution is 0.289. The van der Waals surface area contributed by atoms with E-state index in [1.54, 1.807) is 17.8 Å². The van der Waals surface area contributed by atoms with Crippen molar-refractivity contribution in [1.82, 2.24) is 0 Å². The van der Waals surface area contributed by atoms with E-state index in [4.69, 9.17) is 9.47 Å². The minimum absolute atomic E-state index is 0.312. The summed E-state index contributed by atoms with van der Waals surface area (Å²) in [5.41, 5.74) is 0. The number of hydrogen-bond acceptors (Lipinski definition) is 4. The van der Waals surface area contributed by atoms with Gasteiger partial charge in [0.05, 0.1) is 13.2 Å². The number of phenolic OH excluding ortho intramolecular Hbond substituents is 1. The Bertz CT molecular complexity index is 543. The minimum atomic E-state index is 0.312. The molecule has 0 saturated carbocycles. The Kier molecular flexibility index (Phi) is 5.62. The predicted octanol–water partition coefficient (Wildman–Crippen LogP) is 3.96. The maximum atomic E-state index is 9.66. The molecule has 4 heteroatoms. The summed E-state index contributed by atoms with van der Waals surface area (Å²) < 4.78 is 11.2. The van der Waals surface area contributed by atoms with Crippen molar-refractivity contribution in [1.29, 1.82) is 0 Å². The molecular formula is C16H18O3S. The van der Waals surface area contributed by atoms with Crippen molar-refractivity contribution in [2.24, 2.45) is 0 Å². The van der Waals surface area contributed by atoms with Crippen LogP contribution in [-0.2, 0) is 0 Å². The highest BCUT2D eigenvalue weighted by molar-refractivity contribution is 7.99. The Hall–Kier alpha value is -1.81. The topological polar surface area (TPSA) is 38.7 Å². The van der Waals surface area contributed by atoms with Gasteiger partial charge in [0.25, 0.3) is 0 Å². The quantitative estimate of drug-likeness (QED) is 0.619. The zero-order valence-electron chi connectivity index (χ0n) is 11.4. The van der Waals surface area contributed by atoms with Crippen LogP contribution in [0.1, 0.15) is 6.92 Å². The van der Waals surface area contributed by atoms with Crippen LogP contribution in [0.15, 0.2) is 53.4 Å². The SMILES string of the molecule is CCOc1ccccc1OCCSc1ccccc1O. The summed E-state index contributed by atoms with van der Waals surface area (Å²) in [6.45, 7) is 3.13. The summed E-state index contributed by atoms with van der Waals surface area (Å²) in [6.07, 6.45) is 0. The highest BCUT2D eigenvalue weighted by Gasteiger charge is 2.04. The maximum absolute atomic E-state index is 9.66. The average molecular weight is 290 g/mol. The molecular weight excluding hydrogens is 272 g/mol. The Morgan fingerprint density at radius 1 is 0.950 bits per heavy atom. The second-order valence-corrected chi connectivity index (χ2v) is 5.18. The molecule has 0 saturated heterocycles. The van der Waals surface area contributed by atoms with Crippen LogP contribution in [0.25, 0.3) is 0 Å². The fourth-order valence-electron chi connectivity index (χ4n) is 1.73. The molecule has 0 aliphatic carbocycles. The van der Waals surface area contributed by atoms with Crippen LogP contribution in [0.5, 0.6) is 17.2 Å². The molecule has 0 fully saturated rings. The van der Waals surface area contributed by atoms with Gasteiger partial charge in [-0.15, -0.1) is 11.8 Å². The first-order chi connectivity index (χ1) is 9.81. The van der Waals surface area contributed by atoms with Gasteiger partial charge in [-0.25, -0.2) is 0 Å². The third kappa shape index (κ3) is 4.10. The number of ether oxygens (including phenoxy) is 2. The first-order valence-corrected chi connectivity index (χ1v) is 7.55. The third-order valence-corrected chi connectivity index (χ3v) is 3.64. The van der Waals surface area contributed by atoms with E-state index in [-0.39, 0.29) is 0 Å². The van der Waals surface area contributed by atoms with Crippen molar-refractivity contribution in [2.45, 2.75) is 11.8 Å². The number of aromatic hydroxyl groups is 1. The molecule has 106 valence electrons. The lowest BCUT2D eigenvalue weighted by atomic mass is 10.3. The summed E-state index contributed by atoms with van der Waals surface area (Å²) in [4.78, 5) is 0.870. The first kappa shape index (κ1) is 14.6. The van der Waals surface area contributed by atoms with E-state index in [1.165, 1.54) is 0 Å². The summed E-state index contributed by atoms with van der Waals surface area (Å²) in [7, 11) is 0. The molecule has 20 heavy (non-hydrogen) atoms. The van der Waals surface area contributed by atoms with E-state index >= 15 is 0 Å². The molecule has 2 aromatic rings. The lowest BCUT2D eigenvalue weighted by Crippen LogP contribution is -2.02. The molecule has 0 amide bonds. The number of phenols is 1. The van der Waals surface area contributed by atoms with Crippen LogP contribution in [0.3, 0.4) is 0 Å². The van der Waals surface area contributed by atoms with Crippen LogP contribution in [0.4, 0.5) is 0 Å². The van der Waals surface area contributed by atoms with Gasteiger partial charge in [0.15, 0.2) is 11.5 Å². The average Bonchev–Trinajstić information content (AvgIpc) is 2.47. The van der Waals surface area contributed by atoms with Crippen molar-refractivity contribution in [3.63, 3.8) is 0 Å². The number of hydrogen-bond donors (Lipinski definition) is 1. The number of thioether (sulfide) groups is 1. The summed E-state index contributed by atoms with van der Waals surface area (Å²) >= 11 is 1.57. The monoisotopic (exact) mass is 290 g/mol. The van der Waals surface area contributed by atoms with Gasteiger partial charge in [-0.1, -0.05) is 24.3 Å². The van der Waals surface area contributed by atoms with Crippen LogP contribution in [-0.4, -0.2) is 24.1 Å². The molecule has 0 aliphatic rings. The predicted molar refractivity (Wildman–Crippen MR) is 81.9 cm³/mol. The van der Waals surface area contributed by atoms with Gasteiger partial charge in [-0.3, -0.25) is 0 Å². The molecule has 3 nitrogen and oxygen atoms in total. The number of para-hydroxylation sites is 3. The standard InChI is InChI=1S/C16H18O3S/c1-2-18-14-8-4-5-9-15(14)19-11-12-20-16-10-6-3-7-13(16)17/h3-10,17H,2,11-12H2,1H3. The van der Waals surface area contributed by atoms with Gasteiger partial charge >= 0.3 is 0 Å². The van der Waals surface area contributed by atoms with E-state index in [0.717, 1.165) is 22.1 Å². The third-order valence-electron chi connectivity index (χ3n) is 2.61. The van der Waals surface area contributed by atoms with Crippen molar-refractivity contribution < 1.29 is 14.6 Å². The van der Waals surface area contributed by atoms with E-state index in [0.29, 0.717) is 19.0 Å². The number of rotatable bonds is 7. The molecule has 0 spiro atoms. The van der Waals surface area contributed by atoms with Crippen molar-refractivity contribution in [2.75, 3.05) is 19.0 Å². The van der Waals surface area contributed by atoms with Crippen LogP contribution in [0, 0.1) is 0 Å². The highest BCUT2D eigenvalue weighted by atomic mass is 32.2. The Morgan fingerprint density at radius 2 is 1.60 bits per heavy atom. The first-order valence-electron chi connectivity index (χ1n) is 6.56. The molecule has 0 radical (unpaired) electrons. The molecule has 0 heterocycles. The van der Waals surface area contributed by atoms with Crippen molar-refractivity contribution in [3.05, 3.63) is 48.5 Å². The fraction of sp³-hybridized carbons (Fsp3) is 0.250. The zero-order chi connectivity index (χ0) is 14.2. The Labute approximate surface area is 123 Å². The Balaban J connectivity index is 1.83. The van der Waals surface area contributed by atoms with E-state index in [9.17, 15) is 5.11 Å². The van der Waals surface area contributed by atoms with Gasteiger partial charge < -0.3 is 14.6 Å². The smallest absolute Gasteiger partial charge is 0.161 e. The van der Waals surface area contributed by atoms with Gasteiger partial charge in [0.1, 0.15) is 5.75 Å². The van der Waals surface area contributed by atoms with Crippen molar-refractivity contribution >= 4 is 11.8 Å². The molecule has 1 N–H and O–H groups in total. The zero-order valence-corrected chi connectivity index (χ0v) is 12.2.